The fraction of sp³-hybridized carbons (Fsp3) is 0.500. The van der Waals surface area contributed by atoms with E-state index in [1.54, 1.807) is 29.0 Å². The first kappa shape index (κ1) is 23.6. The van der Waals surface area contributed by atoms with Crippen molar-refractivity contribution in [2.24, 2.45) is 7.05 Å². The van der Waals surface area contributed by atoms with Crippen LogP contribution < -0.4 is 15.8 Å². The molecule has 1 aliphatic rings. The van der Waals surface area contributed by atoms with E-state index in [9.17, 15) is 4.79 Å². The van der Waals surface area contributed by atoms with E-state index in [-0.39, 0.29) is 16.6 Å². The van der Waals surface area contributed by atoms with Gasteiger partial charge in [0.2, 0.25) is 5.13 Å². The standard InChI is InChI=1S/C26H35N5OS/c1-8-17-13-18(19-11-12-30(6)22(32)14-19)9-10-21(17)23-27-28-24(33-23)31(7)20-15-25(2,3)29-26(4,5)16-20/h9-14,20,29H,8,15-16H2,1-7H3. The third kappa shape index (κ3) is 5.04. The second-order valence-corrected chi connectivity index (χ2v) is 11.5. The Hall–Kier alpha value is -2.51. The molecule has 0 saturated carbocycles. The third-order valence-electron chi connectivity index (χ3n) is 6.59. The average Bonchev–Trinajstić information content (AvgIpc) is 3.22. The molecule has 0 bridgehead atoms. The third-order valence-corrected chi connectivity index (χ3v) is 7.63. The second kappa shape index (κ2) is 8.69. The number of anilines is 1. The molecule has 1 aromatic carbocycles. The molecule has 0 radical (unpaired) electrons. The number of aromatic nitrogens is 3. The van der Waals surface area contributed by atoms with Crippen molar-refractivity contribution in [1.29, 1.82) is 0 Å². The Morgan fingerprint density at radius 3 is 2.39 bits per heavy atom. The zero-order valence-corrected chi connectivity index (χ0v) is 21.6. The van der Waals surface area contributed by atoms with Gasteiger partial charge in [-0.25, -0.2) is 0 Å². The number of hydrogen-bond acceptors (Lipinski definition) is 6. The topological polar surface area (TPSA) is 63.1 Å². The Morgan fingerprint density at radius 1 is 1.09 bits per heavy atom. The molecular formula is C26H35N5OS. The molecule has 1 saturated heterocycles. The van der Waals surface area contributed by atoms with Gasteiger partial charge in [0.05, 0.1) is 0 Å². The van der Waals surface area contributed by atoms with Crippen LogP contribution in [0.3, 0.4) is 0 Å². The van der Waals surface area contributed by atoms with Crippen molar-refractivity contribution in [3.05, 3.63) is 52.4 Å². The molecule has 33 heavy (non-hydrogen) atoms. The van der Waals surface area contributed by atoms with Gasteiger partial charge in [-0.1, -0.05) is 36.5 Å². The van der Waals surface area contributed by atoms with Gasteiger partial charge in [-0.15, -0.1) is 10.2 Å². The smallest absolute Gasteiger partial charge is 0.250 e. The van der Waals surface area contributed by atoms with Gasteiger partial charge >= 0.3 is 0 Å². The number of piperidine rings is 1. The molecule has 0 spiro atoms. The molecule has 3 aromatic rings. The van der Waals surface area contributed by atoms with Crippen molar-refractivity contribution in [2.75, 3.05) is 11.9 Å². The summed E-state index contributed by atoms with van der Waals surface area (Å²) in [6.07, 6.45) is 4.82. The van der Waals surface area contributed by atoms with E-state index in [4.69, 9.17) is 0 Å². The summed E-state index contributed by atoms with van der Waals surface area (Å²) in [5.74, 6) is 0. The number of nitrogens with one attached hydrogen (secondary N) is 1. The van der Waals surface area contributed by atoms with Crippen molar-refractivity contribution >= 4 is 16.5 Å². The van der Waals surface area contributed by atoms with Gasteiger partial charge in [-0.3, -0.25) is 4.79 Å². The van der Waals surface area contributed by atoms with Crippen LogP contribution in [0.25, 0.3) is 21.7 Å². The Labute approximate surface area is 200 Å². The number of pyridine rings is 1. The molecule has 176 valence electrons. The van der Waals surface area contributed by atoms with Crippen LogP contribution >= 0.6 is 11.3 Å². The minimum absolute atomic E-state index is 0.00399. The first-order valence-electron chi connectivity index (χ1n) is 11.6. The first-order chi connectivity index (χ1) is 15.5. The molecule has 7 heteroatoms. The fourth-order valence-corrected chi connectivity index (χ4v) is 6.11. The average molecular weight is 466 g/mol. The van der Waals surface area contributed by atoms with Crippen LogP contribution in [-0.4, -0.2) is 38.9 Å². The highest BCUT2D eigenvalue weighted by Crippen LogP contribution is 2.37. The molecule has 0 atom stereocenters. The molecule has 1 fully saturated rings. The lowest BCUT2D eigenvalue weighted by Gasteiger charge is -2.48. The van der Waals surface area contributed by atoms with E-state index in [0.717, 1.165) is 46.1 Å². The van der Waals surface area contributed by atoms with Crippen LogP contribution in [0.4, 0.5) is 5.13 Å². The maximum absolute atomic E-state index is 12.1. The molecule has 3 heterocycles. The monoisotopic (exact) mass is 465 g/mol. The summed E-state index contributed by atoms with van der Waals surface area (Å²) in [7, 11) is 3.91. The SMILES string of the molecule is CCc1cc(-c2ccn(C)c(=O)c2)ccc1-c1nnc(N(C)C2CC(C)(C)NC(C)(C)C2)s1. The number of hydrogen-bond donors (Lipinski definition) is 1. The van der Waals surface area contributed by atoms with Crippen molar-refractivity contribution < 1.29 is 0 Å². The molecule has 4 rings (SSSR count). The normalized spacial score (nSPS) is 17.8. The number of benzene rings is 1. The summed E-state index contributed by atoms with van der Waals surface area (Å²) in [4.78, 5) is 14.4. The maximum atomic E-state index is 12.1. The first-order valence-corrected chi connectivity index (χ1v) is 12.5. The predicted octanol–water partition coefficient (Wildman–Crippen LogP) is 4.88. The van der Waals surface area contributed by atoms with Crippen LogP contribution in [-0.2, 0) is 13.5 Å². The molecule has 0 amide bonds. The molecule has 1 aliphatic heterocycles. The second-order valence-electron chi connectivity index (χ2n) is 10.5. The van der Waals surface area contributed by atoms with Crippen LogP contribution in [0.1, 0.15) is 53.0 Å². The van der Waals surface area contributed by atoms with Crippen molar-refractivity contribution in [3.8, 4) is 21.7 Å². The quantitative estimate of drug-likeness (QED) is 0.582. The Morgan fingerprint density at radius 2 is 1.76 bits per heavy atom. The minimum atomic E-state index is -0.00399. The van der Waals surface area contributed by atoms with E-state index in [2.05, 4.69) is 80.3 Å². The number of nitrogens with zero attached hydrogens (tertiary/aromatic N) is 4. The lowest BCUT2D eigenvalue weighted by molar-refractivity contribution is 0.161. The number of aryl methyl sites for hydroxylation is 2. The fourth-order valence-electron chi connectivity index (χ4n) is 5.17. The van der Waals surface area contributed by atoms with E-state index < -0.39 is 0 Å². The lowest BCUT2D eigenvalue weighted by Crippen LogP contribution is -2.61. The lowest BCUT2D eigenvalue weighted by atomic mass is 9.79. The van der Waals surface area contributed by atoms with Gasteiger partial charge in [-0.2, -0.15) is 0 Å². The van der Waals surface area contributed by atoms with Crippen LogP contribution in [0.5, 0.6) is 0 Å². The summed E-state index contributed by atoms with van der Waals surface area (Å²) in [5.41, 5.74) is 4.48. The van der Waals surface area contributed by atoms with Crippen LogP contribution in [0, 0.1) is 0 Å². The Kier molecular flexibility index (Phi) is 6.22. The zero-order valence-electron chi connectivity index (χ0n) is 20.8. The van der Waals surface area contributed by atoms with E-state index in [0.29, 0.717) is 6.04 Å². The van der Waals surface area contributed by atoms with Crippen molar-refractivity contribution in [1.82, 2.24) is 20.1 Å². The van der Waals surface area contributed by atoms with Crippen molar-refractivity contribution in [3.63, 3.8) is 0 Å². The largest absolute Gasteiger partial charge is 0.347 e. The highest BCUT2D eigenvalue weighted by molar-refractivity contribution is 7.18. The van der Waals surface area contributed by atoms with E-state index >= 15 is 0 Å². The summed E-state index contributed by atoms with van der Waals surface area (Å²) in [5, 5.41) is 14.8. The molecule has 0 unspecified atom stereocenters. The summed E-state index contributed by atoms with van der Waals surface area (Å²) in [6.45, 7) is 11.3. The van der Waals surface area contributed by atoms with Gasteiger partial charge in [-0.05, 0) is 69.7 Å². The maximum Gasteiger partial charge on any atom is 0.250 e. The van der Waals surface area contributed by atoms with Crippen LogP contribution in [0.2, 0.25) is 0 Å². The Balaban J connectivity index is 1.61. The van der Waals surface area contributed by atoms with Gasteiger partial charge < -0.3 is 14.8 Å². The van der Waals surface area contributed by atoms with Crippen LogP contribution in [0.15, 0.2) is 41.3 Å². The molecule has 1 N–H and O–H groups in total. The summed E-state index contributed by atoms with van der Waals surface area (Å²) >= 11 is 1.65. The highest BCUT2D eigenvalue weighted by Gasteiger charge is 2.39. The molecule has 6 nitrogen and oxygen atoms in total. The molecular weight excluding hydrogens is 430 g/mol. The van der Waals surface area contributed by atoms with Gasteiger partial charge in [0, 0.05) is 49.0 Å². The van der Waals surface area contributed by atoms with Gasteiger partial charge in [0.15, 0.2) is 0 Å². The predicted molar refractivity (Wildman–Crippen MR) is 138 cm³/mol. The highest BCUT2D eigenvalue weighted by atomic mass is 32.1. The Bertz CT molecular complexity index is 1190. The van der Waals surface area contributed by atoms with Gasteiger partial charge in [0.25, 0.3) is 5.56 Å². The van der Waals surface area contributed by atoms with Gasteiger partial charge in [0.1, 0.15) is 5.01 Å². The molecule has 2 aromatic heterocycles. The van der Waals surface area contributed by atoms with E-state index in [1.807, 2.05) is 12.3 Å². The summed E-state index contributed by atoms with van der Waals surface area (Å²) < 4.78 is 1.59. The zero-order chi connectivity index (χ0) is 24.0. The van der Waals surface area contributed by atoms with E-state index in [1.165, 1.54) is 5.56 Å². The number of rotatable bonds is 5. The minimum Gasteiger partial charge on any atom is -0.347 e. The molecule has 0 aliphatic carbocycles. The summed E-state index contributed by atoms with van der Waals surface area (Å²) in [6, 6.07) is 10.4. The van der Waals surface area contributed by atoms with Crippen molar-refractivity contribution in [2.45, 2.75) is 71.0 Å².